The summed E-state index contributed by atoms with van der Waals surface area (Å²) >= 11 is 0. The summed E-state index contributed by atoms with van der Waals surface area (Å²) in [6, 6.07) is 13.5. The highest BCUT2D eigenvalue weighted by Crippen LogP contribution is 2.27. The maximum Gasteiger partial charge on any atom is 0.285 e. The fourth-order valence-corrected chi connectivity index (χ4v) is 4.26. The summed E-state index contributed by atoms with van der Waals surface area (Å²) in [7, 11) is 4.25. The van der Waals surface area contributed by atoms with Crippen molar-refractivity contribution in [3.8, 4) is 11.1 Å². The number of hydrogen-bond acceptors (Lipinski definition) is 6. The highest BCUT2D eigenvalue weighted by atomic mass is 16.5. The molecule has 164 valence electrons. The summed E-state index contributed by atoms with van der Waals surface area (Å²) in [4.78, 5) is 23.7. The van der Waals surface area contributed by atoms with Gasteiger partial charge >= 0.3 is 0 Å². The van der Waals surface area contributed by atoms with Crippen molar-refractivity contribution in [2.45, 2.75) is 13.0 Å². The zero-order chi connectivity index (χ0) is 21.8. The van der Waals surface area contributed by atoms with Gasteiger partial charge in [0.2, 0.25) is 0 Å². The van der Waals surface area contributed by atoms with Gasteiger partial charge in [-0.15, -0.1) is 4.73 Å². The smallest absolute Gasteiger partial charge is 0.285 e. The molecule has 1 aliphatic rings. The second kappa shape index (κ2) is 9.60. The lowest BCUT2D eigenvalue weighted by molar-refractivity contribution is 0.124. The van der Waals surface area contributed by atoms with Crippen molar-refractivity contribution in [1.82, 2.24) is 24.4 Å². The van der Waals surface area contributed by atoms with Crippen LogP contribution in [-0.2, 0) is 6.54 Å². The van der Waals surface area contributed by atoms with E-state index in [1.54, 1.807) is 6.20 Å². The molecule has 0 saturated carbocycles. The normalized spacial score (nSPS) is 15.7. The van der Waals surface area contributed by atoms with Crippen molar-refractivity contribution >= 4 is 11.0 Å². The van der Waals surface area contributed by atoms with E-state index in [0.717, 1.165) is 55.8 Å². The van der Waals surface area contributed by atoms with Crippen LogP contribution in [0.2, 0.25) is 0 Å². The van der Waals surface area contributed by atoms with Gasteiger partial charge < -0.3 is 15.0 Å². The van der Waals surface area contributed by atoms with E-state index in [9.17, 15) is 10.0 Å². The first-order chi connectivity index (χ1) is 15.0. The predicted molar refractivity (Wildman–Crippen MR) is 124 cm³/mol. The Balaban J connectivity index is 1.45. The Labute approximate surface area is 183 Å². The van der Waals surface area contributed by atoms with Crippen LogP contribution in [0.25, 0.3) is 22.2 Å². The minimum absolute atomic E-state index is 0.279. The molecular weight excluding hydrogens is 390 g/mol. The number of hydrogen-bond donors (Lipinski definition) is 1. The molecule has 4 rings (SSSR count). The second-order valence-electron chi connectivity index (χ2n) is 8.56. The van der Waals surface area contributed by atoms with Gasteiger partial charge in [0.05, 0.1) is 0 Å². The Bertz CT molecular complexity index is 1090. The van der Waals surface area contributed by atoms with Crippen LogP contribution in [-0.4, -0.2) is 83.0 Å². The number of rotatable bonds is 7. The van der Waals surface area contributed by atoms with Crippen LogP contribution in [0.4, 0.5) is 0 Å². The van der Waals surface area contributed by atoms with Crippen molar-refractivity contribution in [3.05, 3.63) is 64.6 Å². The molecule has 0 aliphatic carbocycles. The van der Waals surface area contributed by atoms with E-state index in [1.807, 2.05) is 24.3 Å². The first kappa shape index (κ1) is 21.5. The van der Waals surface area contributed by atoms with Crippen LogP contribution in [0.5, 0.6) is 0 Å². The predicted octanol–water partition coefficient (Wildman–Crippen LogP) is 2.37. The fourth-order valence-electron chi connectivity index (χ4n) is 4.26. The van der Waals surface area contributed by atoms with E-state index >= 15 is 0 Å². The van der Waals surface area contributed by atoms with Crippen molar-refractivity contribution in [2.75, 3.05) is 53.4 Å². The molecule has 3 heterocycles. The van der Waals surface area contributed by atoms with E-state index in [2.05, 4.69) is 45.9 Å². The van der Waals surface area contributed by atoms with Gasteiger partial charge in [0, 0.05) is 50.4 Å². The maximum absolute atomic E-state index is 12.2. The average Bonchev–Trinajstić information content (AvgIpc) is 2.77. The second-order valence-corrected chi connectivity index (χ2v) is 8.56. The standard InChI is InChI=1S/C24H31N5O2/c1-26(2)10-5-11-27-12-14-28(15-13-27)18-19-6-3-7-20(16-19)22-17-23(30)29(31)24-21(22)8-4-9-25-24/h3-4,6-9,16-17,31H,5,10-15,18H2,1-2H3. The summed E-state index contributed by atoms with van der Waals surface area (Å²) in [5.41, 5.74) is 2.79. The summed E-state index contributed by atoms with van der Waals surface area (Å²) < 4.78 is 0.612. The Hall–Kier alpha value is -2.74. The first-order valence-electron chi connectivity index (χ1n) is 10.9. The van der Waals surface area contributed by atoms with Crippen molar-refractivity contribution in [2.24, 2.45) is 0 Å². The Morgan fingerprint density at radius 2 is 1.81 bits per heavy atom. The molecule has 0 bridgehead atoms. The third-order valence-electron chi connectivity index (χ3n) is 5.94. The van der Waals surface area contributed by atoms with Crippen LogP contribution in [0.3, 0.4) is 0 Å². The van der Waals surface area contributed by atoms with Crippen LogP contribution >= 0.6 is 0 Å². The van der Waals surface area contributed by atoms with E-state index in [-0.39, 0.29) is 5.65 Å². The van der Waals surface area contributed by atoms with Gasteiger partial charge in [-0.05, 0) is 68.5 Å². The molecule has 0 spiro atoms. The summed E-state index contributed by atoms with van der Waals surface area (Å²) in [6.45, 7) is 7.55. The lowest BCUT2D eigenvalue weighted by Crippen LogP contribution is -2.46. The van der Waals surface area contributed by atoms with E-state index in [0.29, 0.717) is 4.73 Å². The molecule has 3 aromatic rings. The summed E-state index contributed by atoms with van der Waals surface area (Å²) in [5.74, 6) is 0. The van der Waals surface area contributed by atoms with Crippen molar-refractivity contribution in [3.63, 3.8) is 0 Å². The van der Waals surface area contributed by atoms with Crippen LogP contribution < -0.4 is 5.56 Å². The number of pyridine rings is 2. The lowest BCUT2D eigenvalue weighted by Gasteiger charge is -2.35. The van der Waals surface area contributed by atoms with E-state index in [1.165, 1.54) is 24.6 Å². The van der Waals surface area contributed by atoms with Crippen molar-refractivity contribution < 1.29 is 5.21 Å². The third kappa shape index (κ3) is 5.12. The molecule has 0 atom stereocenters. The van der Waals surface area contributed by atoms with Gasteiger partial charge in [-0.1, -0.05) is 18.2 Å². The number of piperazine rings is 1. The van der Waals surface area contributed by atoms with Crippen molar-refractivity contribution in [1.29, 1.82) is 0 Å². The molecule has 2 aromatic heterocycles. The zero-order valence-corrected chi connectivity index (χ0v) is 18.4. The number of nitrogens with zero attached hydrogens (tertiary/aromatic N) is 5. The molecule has 0 radical (unpaired) electrons. The van der Waals surface area contributed by atoms with Gasteiger partial charge in [0.25, 0.3) is 5.56 Å². The van der Waals surface area contributed by atoms with E-state index < -0.39 is 5.56 Å². The molecular formula is C24H31N5O2. The fraction of sp³-hybridized carbons (Fsp3) is 0.417. The molecule has 1 fully saturated rings. The number of fused-ring (bicyclic) bond motifs is 1. The molecule has 0 unspecified atom stereocenters. The Morgan fingerprint density at radius 3 is 2.58 bits per heavy atom. The lowest BCUT2D eigenvalue weighted by atomic mass is 10.0. The quantitative estimate of drug-likeness (QED) is 0.591. The highest BCUT2D eigenvalue weighted by molar-refractivity contribution is 5.92. The van der Waals surface area contributed by atoms with Gasteiger partial charge in [-0.3, -0.25) is 9.69 Å². The monoisotopic (exact) mass is 421 g/mol. The van der Waals surface area contributed by atoms with Crippen LogP contribution in [0.15, 0.2) is 53.5 Å². The number of aromatic nitrogens is 2. The van der Waals surface area contributed by atoms with E-state index in [4.69, 9.17) is 0 Å². The molecule has 1 aromatic carbocycles. The third-order valence-corrected chi connectivity index (χ3v) is 5.94. The minimum Gasteiger partial charge on any atom is -0.423 e. The largest absolute Gasteiger partial charge is 0.423 e. The Morgan fingerprint density at radius 1 is 1.03 bits per heavy atom. The summed E-state index contributed by atoms with van der Waals surface area (Å²) in [6.07, 6.45) is 2.79. The zero-order valence-electron chi connectivity index (χ0n) is 18.4. The molecule has 1 N–H and O–H groups in total. The van der Waals surface area contributed by atoms with Gasteiger partial charge in [-0.25, -0.2) is 4.98 Å². The Kier molecular flexibility index (Phi) is 6.65. The maximum atomic E-state index is 12.2. The molecule has 0 amide bonds. The highest BCUT2D eigenvalue weighted by Gasteiger charge is 2.17. The van der Waals surface area contributed by atoms with Crippen LogP contribution in [0.1, 0.15) is 12.0 Å². The SMILES string of the molecule is CN(C)CCCN1CCN(Cc2cccc(-c3cc(=O)n(O)c4ncccc34)c2)CC1. The number of benzene rings is 1. The van der Waals surface area contributed by atoms with Crippen LogP contribution in [0, 0.1) is 0 Å². The molecule has 7 nitrogen and oxygen atoms in total. The van der Waals surface area contributed by atoms with Gasteiger partial charge in [0.1, 0.15) is 0 Å². The molecule has 31 heavy (non-hydrogen) atoms. The topological polar surface area (TPSA) is 64.8 Å². The average molecular weight is 422 g/mol. The molecule has 7 heteroatoms. The molecule has 1 saturated heterocycles. The van der Waals surface area contributed by atoms with Gasteiger partial charge in [-0.2, -0.15) is 0 Å². The van der Waals surface area contributed by atoms with Gasteiger partial charge in [0.15, 0.2) is 5.65 Å². The minimum atomic E-state index is -0.475. The molecule has 1 aliphatic heterocycles. The first-order valence-corrected chi connectivity index (χ1v) is 10.9. The summed E-state index contributed by atoms with van der Waals surface area (Å²) in [5, 5.41) is 10.8.